The number of nitrogens with one attached hydrogen (secondary N) is 1. The molecule has 0 radical (unpaired) electrons. The van der Waals surface area contributed by atoms with E-state index in [0.29, 0.717) is 6.61 Å². The van der Waals surface area contributed by atoms with Gasteiger partial charge in [-0.15, -0.1) is 0 Å². The van der Waals surface area contributed by atoms with Crippen molar-refractivity contribution in [2.45, 2.75) is 26.3 Å². The first-order valence-corrected chi connectivity index (χ1v) is 8.09. The Labute approximate surface area is 135 Å². The summed E-state index contributed by atoms with van der Waals surface area (Å²) in [6, 6.07) is 15.0. The first-order valence-electron chi connectivity index (χ1n) is 7.29. The van der Waals surface area contributed by atoms with Crippen LogP contribution in [0.25, 0.3) is 0 Å². The van der Waals surface area contributed by atoms with Crippen molar-refractivity contribution in [2.75, 3.05) is 13.7 Å². The number of benzene rings is 2. The quantitative estimate of drug-likeness (QED) is 0.820. The standard InChI is InChI=1S/C18H22BrNO/c1-4-21-15-9-10-16(17(19)12-15)18(20-3)11-14-8-6-5-7-13(14)2/h5-10,12,18,20H,4,11H2,1-3H3. The Balaban J connectivity index is 2.23. The molecule has 0 saturated heterocycles. The van der Waals surface area contributed by atoms with Gasteiger partial charge in [0.25, 0.3) is 0 Å². The molecule has 3 heteroatoms. The highest BCUT2D eigenvalue weighted by molar-refractivity contribution is 9.10. The third-order valence-corrected chi connectivity index (χ3v) is 4.38. The Bertz CT molecular complexity index is 598. The van der Waals surface area contributed by atoms with Gasteiger partial charge < -0.3 is 10.1 Å². The molecular formula is C18H22BrNO. The van der Waals surface area contributed by atoms with E-state index in [4.69, 9.17) is 4.74 Å². The fourth-order valence-corrected chi connectivity index (χ4v) is 3.11. The van der Waals surface area contributed by atoms with Crippen molar-refractivity contribution in [2.24, 2.45) is 0 Å². The minimum Gasteiger partial charge on any atom is -0.494 e. The van der Waals surface area contributed by atoms with E-state index in [1.165, 1.54) is 16.7 Å². The monoisotopic (exact) mass is 347 g/mol. The van der Waals surface area contributed by atoms with Crippen molar-refractivity contribution in [3.05, 3.63) is 63.6 Å². The summed E-state index contributed by atoms with van der Waals surface area (Å²) in [5, 5.41) is 3.42. The molecule has 1 N–H and O–H groups in total. The van der Waals surface area contributed by atoms with E-state index in [9.17, 15) is 0 Å². The molecule has 21 heavy (non-hydrogen) atoms. The molecule has 0 aliphatic heterocycles. The fourth-order valence-electron chi connectivity index (χ4n) is 2.47. The SMILES string of the molecule is CCOc1ccc(C(Cc2ccccc2C)NC)c(Br)c1. The van der Waals surface area contributed by atoms with Gasteiger partial charge in [0.15, 0.2) is 0 Å². The number of halogens is 1. The van der Waals surface area contributed by atoms with Gasteiger partial charge >= 0.3 is 0 Å². The molecule has 2 rings (SSSR count). The van der Waals surface area contributed by atoms with E-state index >= 15 is 0 Å². The first kappa shape index (κ1) is 16.1. The average molecular weight is 348 g/mol. The van der Waals surface area contributed by atoms with Gasteiger partial charge in [0, 0.05) is 10.5 Å². The Hall–Kier alpha value is -1.32. The molecule has 2 aromatic carbocycles. The average Bonchev–Trinajstić information content (AvgIpc) is 2.48. The molecule has 0 saturated carbocycles. The van der Waals surface area contributed by atoms with Gasteiger partial charge in [0.1, 0.15) is 5.75 Å². The van der Waals surface area contributed by atoms with Crippen LogP contribution in [-0.4, -0.2) is 13.7 Å². The number of hydrogen-bond acceptors (Lipinski definition) is 2. The molecule has 1 atom stereocenters. The molecule has 0 heterocycles. The summed E-state index contributed by atoms with van der Waals surface area (Å²) in [6.07, 6.45) is 0.968. The van der Waals surface area contributed by atoms with Crippen LogP contribution in [0.2, 0.25) is 0 Å². The topological polar surface area (TPSA) is 21.3 Å². The second kappa shape index (κ2) is 7.62. The summed E-state index contributed by atoms with van der Waals surface area (Å²) in [5.74, 6) is 0.902. The van der Waals surface area contributed by atoms with Crippen LogP contribution < -0.4 is 10.1 Å². The number of aryl methyl sites for hydroxylation is 1. The fraction of sp³-hybridized carbons (Fsp3) is 0.333. The van der Waals surface area contributed by atoms with E-state index < -0.39 is 0 Å². The third kappa shape index (κ3) is 4.08. The van der Waals surface area contributed by atoms with Gasteiger partial charge in [-0.3, -0.25) is 0 Å². The van der Waals surface area contributed by atoms with Crippen molar-refractivity contribution in [1.29, 1.82) is 0 Å². The number of hydrogen-bond donors (Lipinski definition) is 1. The Morgan fingerprint density at radius 2 is 1.95 bits per heavy atom. The number of ether oxygens (including phenoxy) is 1. The number of likely N-dealkylation sites (N-methyl/N-ethyl adjacent to an activating group) is 1. The molecule has 2 nitrogen and oxygen atoms in total. The van der Waals surface area contributed by atoms with Gasteiger partial charge in [-0.05, 0) is 56.1 Å². The molecule has 0 spiro atoms. The highest BCUT2D eigenvalue weighted by Crippen LogP contribution is 2.30. The van der Waals surface area contributed by atoms with E-state index in [1.807, 2.05) is 26.1 Å². The van der Waals surface area contributed by atoms with Gasteiger partial charge in [-0.2, -0.15) is 0 Å². The molecule has 0 bridgehead atoms. The Morgan fingerprint density at radius 3 is 2.57 bits per heavy atom. The molecule has 0 fully saturated rings. The maximum Gasteiger partial charge on any atom is 0.120 e. The minimum absolute atomic E-state index is 0.274. The normalized spacial score (nSPS) is 12.2. The smallest absolute Gasteiger partial charge is 0.120 e. The molecule has 0 amide bonds. The van der Waals surface area contributed by atoms with Gasteiger partial charge in [-0.1, -0.05) is 46.3 Å². The van der Waals surface area contributed by atoms with Gasteiger partial charge in [0.05, 0.1) is 6.61 Å². The predicted octanol–water partition coefficient (Wildman–Crippen LogP) is 4.66. The van der Waals surface area contributed by atoms with E-state index in [1.54, 1.807) is 0 Å². The van der Waals surface area contributed by atoms with Crippen LogP contribution in [0.1, 0.15) is 29.7 Å². The van der Waals surface area contributed by atoms with Crippen molar-refractivity contribution >= 4 is 15.9 Å². The zero-order valence-corrected chi connectivity index (χ0v) is 14.4. The van der Waals surface area contributed by atoms with Crippen LogP contribution in [0.4, 0.5) is 0 Å². The second-order valence-corrected chi connectivity index (χ2v) is 5.94. The molecular weight excluding hydrogens is 326 g/mol. The van der Waals surface area contributed by atoms with Crippen molar-refractivity contribution in [3.63, 3.8) is 0 Å². The minimum atomic E-state index is 0.274. The van der Waals surface area contributed by atoms with Gasteiger partial charge in [0.2, 0.25) is 0 Å². The first-order chi connectivity index (χ1) is 10.2. The van der Waals surface area contributed by atoms with Gasteiger partial charge in [-0.25, -0.2) is 0 Å². The maximum absolute atomic E-state index is 5.54. The highest BCUT2D eigenvalue weighted by atomic mass is 79.9. The lowest BCUT2D eigenvalue weighted by molar-refractivity contribution is 0.340. The van der Waals surface area contributed by atoms with Crippen molar-refractivity contribution in [3.8, 4) is 5.75 Å². The summed E-state index contributed by atoms with van der Waals surface area (Å²) in [5.41, 5.74) is 3.96. The highest BCUT2D eigenvalue weighted by Gasteiger charge is 2.15. The summed E-state index contributed by atoms with van der Waals surface area (Å²) < 4.78 is 6.63. The summed E-state index contributed by atoms with van der Waals surface area (Å²) in [4.78, 5) is 0. The van der Waals surface area contributed by atoms with Crippen LogP contribution in [0.5, 0.6) is 5.75 Å². The Kier molecular flexibility index (Phi) is 5.83. The van der Waals surface area contributed by atoms with E-state index in [0.717, 1.165) is 16.6 Å². The predicted molar refractivity (Wildman–Crippen MR) is 92.0 cm³/mol. The van der Waals surface area contributed by atoms with E-state index in [-0.39, 0.29) is 6.04 Å². The summed E-state index contributed by atoms with van der Waals surface area (Å²) in [6.45, 7) is 4.84. The van der Waals surface area contributed by atoms with Crippen LogP contribution in [0, 0.1) is 6.92 Å². The third-order valence-electron chi connectivity index (χ3n) is 3.69. The van der Waals surface area contributed by atoms with Crippen LogP contribution in [-0.2, 0) is 6.42 Å². The summed E-state index contributed by atoms with van der Waals surface area (Å²) >= 11 is 3.67. The number of rotatable bonds is 6. The lowest BCUT2D eigenvalue weighted by atomic mass is 9.96. The Morgan fingerprint density at radius 1 is 1.19 bits per heavy atom. The zero-order valence-electron chi connectivity index (χ0n) is 12.8. The van der Waals surface area contributed by atoms with Crippen molar-refractivity contribution < 1.29 is 4.74 Å². The molecule has 0 aliphatic carbocycles. The lowest BCUT2D eigenvalue weighted by Crippen LogP contribution is -2.19. The maximum atomic E-state index is 5.54. The molecule has 2 aromatic rings. The molecule has 112 valence electrons. The van der Waals surface area contributed by atoms with E-state index in [2.05, 4.69) is 58.5 Å². The molecule has 0 aliphatic rings. The van der Waals surface area contributed by atoms with Crippen LogP contribution >= 0.6 is 15.9 Å². The molecule has 0 aromatic heterocycles. The lowest BCUT2D eigenvalue weighted by Gasteiger charge is -2.20. The molecule has 1 unspecified atom stereocenters. The van der Waals surface area contributed by atoms with Crippen LogP contribution in [0.15, 0.2) is 46.9 Å². The van der Waals surface area contributed by atoms with Crippen LogP contribution in [0.3, 0.4) is 0 Å². The largest absolute Gasteiger partial charge is 0.494 e. The van der Waals surface area contributed by atoms with Crippen molar-refractivity contribution in [1.82, 2.24) is 5.32 Å². The second-order valence-electron chi connectivity index (χ2n) is 5.09. The zero-order chi connectivity index (χ0) is 15.2. The summed E-state index contributed by atoms with van der Waals surface area (Å²) in [7, 11) is 2.01.